The van der Waals surface area contributed by atoms with Gasteiger partial charge in [0.25, 0.3) is 5.91 Å². The molecule has 1 aromatic heterocycles. The van der Waals surface area contributed by atoms with Gasteiger partial charge in [-0.15, -0.1) is 5.10 Å². The maximum atomic E-state index is 12.2. The summed E-state index contributed by atoms with van der Waals surface area (Å²) in [6.07, 6.45) is 2.85. The van der Waals surface area contributed by atoms with E-state index in [9.17, 15) is 4.79 Å². The summed E-state index contributed by atoms with van der Waals surface area (Å²) in [6, 6.07) is 5.03. The predicted molar refractivity (Wildman–Crippen MR) is 69.8 cm³/mol. The Morgan fingerprint density at radius 3 is 2.95 bits per heavy atom. The van der Waals surface area contributed by atoms with E-state index in [4.69, 9.17) is 10.5 Å². The number of aromatic nitrogens is 3. The summed E-state index contributed by atoms with van der Waals surface area (Å²) >= 11 is 0. The fourth-order valence-corrected chi connectivity index (χ4v) is 1.54. The number of anilines is 2. The highest BCUT2D eigenvalue weighted by Crippen LogP contribution is 2.25. The Bertz CT molecular complexity index is 574. The monoisotopic (exact) mass is 259 g/mol. The Balaban J connectivity index is 2.28. The lowest BCUT2D eigenvalue weighted by Crippen LogP contribution is -2.17. The fraction of sp³-hybridized carbons (Fsp3) is 0.167. The number of nitrogens with two attached hydrogens (primary N) is 1. The van der Waals surface area contributed by atoms with Gasteiger partial charge in [0.05, 0.1) is 19.0 Å². The molecule has 0 bridgehead atoms. The second kappa shape index (κ2) is 5.76. The SMILES string of the molecule is CCOc1cccc(N)c1C(=O)Nc1nccnn1. The number of nitrogens with one attached hydrogen (secondary N) is 1. The minimum Gasteiger partial charge on any atom is -0.493 e. The zero-order valence-electron chi connectivity index (χ0n) is 10.3. The second-order valence-electron chi connectivity index (χ2n) is 3.57. The van der Waals surface area contributed by atoms with Gasteiger partial charge in [0.15, 0.2) is 0 Å². The van der Waals surface area contributed by atoms with E-state index in [0.29, 0.717) is 18.0 Å². The topological polar surface area (TPSA) is 103 Å². The molecular weight excluding hydrogens is 246 g/mol. The molecule has 0 aliphatic carbocycles. The summed E-state index contributed by atoms with van der Waals surface area (Å²) in [5.41, 5.74) is 6.40. The summed E-state index contributed by atoms with van der Waals surface area (Å²) in [5.74, 6) is 0.0941. The number of amides is 1. The number of carbonyl (C=O) groups excluding carboxylic acids is 1. The zero-order valence-corrected chi connectivity index (χ0v) is 10.3. The molecule has 0 fully saturated rings. The van der Waals surface area contributed by atoms with Crippen LogP contribution >= 0.6 is 0 Å². The van der Waals surface area contributed by atoms with Crippen LogP contribution in [0.3, 0.4) is 0 Å². The van der Waals surface area contributed by atoms with E-state index in [1.807, 2.05) is 6.92 Å². The highest BCUT2D eigenvalue weighted by molar-refractivity contribution is 6.09. The van der Waals surface area contributed by atoms with Crippen molar-refractivity contribution in [3.63, 3.8) is 0 Å². The first kappa shape index (κ1) is 12.7. The lowest BCUT2D eigenvalue weighted by Gasteiger charge is -2.11. The van der Waals surface area contributed by atoms with E-state index in [-0.39, 0.29) is 11.5 Å². The molecule has 0 saturated carbocycles. The van der Waals surface area contributed by atoms with Crippen LogP contribution in [0.15, 0.2) is 30.6 Å². The van der Waals surface area contributed by atoms with E-state index in [1.165, 1.54) is 12.4 Å². The molecule has 3 N–H and O–H groups in total. The summed E-state index contributed by atoms with van der Waals surface area (Å²) in [7, 11) is 0. The minimum atomic E-state index is -0.436. The van der Waals surface area contributed by atoms with E-state index < -0.39 is 5.91 Å². The zero-order chi connectivity index (χ0) is 13.7. The fourth-order valence-electron chi connectivity index (χ4n) is 1.54. The number of hydrogen-bond donors (Lipinski definition) is 2. The Morgan fingerprint density at radius 1 is 1.42 bits per heavy atom. The van der Waals surface area contributed by atoms with Crippen LogP contribution in [0.25, 0.3) is 0 Å². The highest BCUT2D eigenvalue weighted by atomic mass is 16.5. The molecule has 1 amide bonds. The average Bonchev–Trinajstić information content (AvgIpc) is 2.40. The molecule has 7 nitrogen and oxygen atoms in total. The molecule has 0 aliphatic heterocycles. The summed E-state index contributed by atoms with van der Waals surface area (Å²) < 4.78 is 5.38. The van der Waals surface area contributed by atoms with Gasteiger partial charge in [0.1, 0.15) is 11.3 Å². The lowest BCUT2D eigenvalue weighted by atomic mass is 10.1. The van der Waals surface area contributed by atoms with Crippen molar-refractivity contribution in [1.82, 2.24) is 15.2 Å². The molecule has 1 aromatic carbocycles. The quantitative estimate of drug-likeness (QED) is 0.797. The van der Waals surface area contributed by atoms with Crippen LogP contribution in [0, 0.1) is 0 Å². The van der Waals surface area contributed by atoms with E-state index in [0.717, 1.165) is 0 Å². The van der Waals surface area contributed by atoms with Crippen LogP contribution in [-0.2, 0) is 0 Å². The molecule has 2 rings (SSSR count). The first-order valence-corrected chi connectivity index (χ1v) is 5.68. The van der Waals surface area contributed by atoms with E-state index in [1.54, 1.807) is 18.2 Å². The summed E-state index contributed by atoms with van der Waals surface area (Å²) in [4.78, 5) is 16.0. The molecule has 98 valence electrons. The number of ether oxygens (including phenoxy) is 1. The maximum Gasteiger partial charge on any atom is 0.263 e. The molecule has 0 saturated heterocycles. The first-order valence-electron chi connectivity index (χ1n) is 5.68. The van der Waals surface area contributed by atoms with Gasteiger partial charge >= 0.3 is 0 Å². The van der Waals surface area contributed by atoms with Gasteiger partial charge in [-0.05, 0) is 19.1 Å². The summed E-state index contributed by atoms with van der Waals surface area (Å²) in [5, 5.41) is 9.81. The van der Waals surface area contributed by atoms with Crippen LogP contribution in [-0.4, -0.2) is 27.7 Å². The molecule has 0 aliphatic rings. The number of benzene rings is 1. The first-order chi connectivity index (χ1) is 9.22. The third-order valence-electron chi connectivity index (χ3n) is 2.29. The van der Waals surface area contributed by atoms with Crippen molar-refractivity contribution < 1.29 is 9.53 Å². The number of nitrogens with zero attached hydrogens (tertiary/aromatic N) is 3. The van der Waals surface area contributed by atoms with Crippen molar-refractivity contribution in [1.29, 1.82) is 0 Å². The van der Waals surface area contributed by atoms with E-state index in [2.05, 4.69) is 20.5 Å². The lowest BCUT2D eigenvalue weighted by molar-refractivity contribution is 0.102. The van der Waals surface area contributed by atoms with Crippen molar-refractivity contribution in [3.8, 4) is 5.75 Å². The number of rotatable bonds is 4. The van der Waals surface area contributed by atoms with Crippen molar-refractivity contribution in [2.24, 2.45) is 0 Å². The van der Waals surface area contributed by atoms with Gasteiger partial charge in [-0.3, -0.25) is 10.1 Å². The van der Waals surface area contributed by atoms with Crippen molar-refractivity contribution in [2.75, 3.05) is 17.7 Å². The van der Waals surface area contributed by atoms with Crippen LogP contribution in [0.2, 0.25) is 0 Å². The molecule has 7 heteroatoms. The molecular formula is C12H13N5O2. The van der Waals surface area contributed by atoms with Gasteiger partial charge in [-0.25, -0.2) is 4.98 Å². The average molecular weight is 259 g/mol. The smallest absolute Gasteiger partial charge is 0.263 e. The van der Waals surface area contributed by atoms with Crippen LogP contribution in [0.1, 0.15) is 17.3 Å². The standard InChI is InChI=1S/C12H13N5O2/c1-2-19-9-5-3-4-8(13)10(9)11(18)16-12-14-6-7-15-17-12/h3-7H,2,13H2,1H3,(H,14,16,17,18). The minimum absolute atomic E-state index is 0.109. The highest BCUT2D eigenvalue weighted by Gasteiger charge is 2.17. The van der Waals surface area contributed by atoms with Crippen LogP contribution in [0.4, 0.5) is 11.6 Å². The van der Waals surface area contributed by atoms with Gasteiger partial charge in [0, 0.05) is 5.69 Å². The predicted octanol–water partition coefficient (Wildman–Crippen LogP) is 1.10. The molecule has 0 radical (unpaired) electrons. The Hall–Kier alpha value is -2.70. The Labute approximate surface area is 109 Å². The van der Waals surface area contributed by atoms with E-state index >= 15 is 0 Å². The van der Waals surface area contributed by atoms with Gasteiger partial charge in [-0.2, -0.15) is 5.10 Å². The van der Waals surface area contributed by atoms with Crippen molar-refractivity contribution >= 4 is 17.5 Å². The molecule has 0 spiro atoms. The number of hydrogen-bond acceptors (Lipinski definition) is 6. The third-order valence-corrected chi connectivity index (χ3v) is 2.29. The Kier molecular flexibility index (Phi) is 3.87. The Morgan fingerprint density at radius 2 is 2.26 bits per heavy atom. The van der Waals surface area contributed by atoms with Crippen molar-refractivity contribution in [3.05, 3.63) is 36.2 Å². The molecule has 19 heavy (non-hydrogen) atoms. The van der Waals surface area contributed by atoms with Gasteiger partial charge < -0.3 is 10.5 Å². The summed E-state index contributed by atoms with van der Waals surface area (Å²) in [6.45, 7) is 2.27. The van der Waals surface area contributed by atoms with Gasteiger partial charge in [-0.1, -0.05) is 6.07 Å². The molecule has 1 heterocycles. The molecule has 0 atom stereocenters. The molecule has 2 aromatic rings. The molecule has 0 unspecified atom stereocenters. The normalized spacial score (nSPS) is 9.95. The maximum absolute atomic E-state index is 12.2. The second-order valence-corrected chi connectivity index (χ2v) is 3.57. The number of nitrogen functional groups attached to an aromatic ring is 1. The largest absolute Gasteiger partial charge is 0.493 e. The van der Waals surface area contributed by atoms with Crippen molar-refractivity contribution in [2.45, 2.75) is 6.92 Å². The third kappa shape index (κ3) is 2.95. The van der Waals surface area contributed by atoms with Crippen LogP contribution < -0.4 is 15.8 Å². The van der Waals surface area contributed by atoms with Crippen LogP contribution in [0.5, 0.6) is 5.75 Å². The van der Waals surface area contributed by atoms with Gasteiger partial charge in [0.2, 0.25) is 5.95 Å². The number of carbonyl (C=O) groups is 1.